The van der Waals surface area contributed by atoms with Crippen LogP contribution in [0, 0.1) is 11.8 Å². The molecule has 2 aliphatic heterocycles. The molecule has 2 atom stereocenters. The Morgan fingerprint density at radius 1 is 1.23 bits per heavy atom. The SMILES string of the molecule is CS(=O)(=O)N1CCC([C@@H]2CN[C@H](c3nc(-c4ccc(NC(=O)O)cc4)c(Cl)[nH]3)C2)CC1. The van der Waals surface area contributed by atoms with Crippen LogP contribution in [0.4, 0.5) is 10.5 Å². The number of carboxylic acid groups (broad SMARTS) is 1. The lowest BCUT2D eigenvalue weighted by molar-refractivity contribution is 0.209. The average molecular weight is 468 g/mol. The summed E-state index contributed by atoms with van der Waals surface area (Å²) in [7, 11) is -3.11. The van der Waals surface area contributed by atoms with Crippen molar-refractivity contribution in [2.75, 3.05) is 31.2 Å². The third kappa shape index (κ3) is 5.03. The largest absolute Gasteiger partial charge is 0.465 e. The Kier molecular flexibility index (Phi) is 6.25. The van der Waals surface area contributed by atoms with Crippen LogP contribution in [0.1, 0.15) is 31.1 Å². The van der Waals surface area contributed by atoms with Gasteiger partial charge in [-0.2, -0.15) is 0 Å². The maximum absolute atomic E-state index is 11.7. The normalized spacial score (nSPS) is 23.2. The van der Waals surface area contributed by atoms with Crippen LogP contribution in [0.15, 0.2) is 24.3 Å². The van der Waals surface area contributed by atoms with Crippen molar-refractivity contribution in [3.05, 3.63) is 35.2 Å². The van der Waals surface area contributed by atoms with Crippen molar-refractivity contribution in [2.24, 2.45) is 11.8 Å². The summed E-state index contributed by atoms with van der Waals surface area (Å²) in [4.78, 5) is 18.6. The summed E-state index contributed by atoms with van der Waals surface area (Å²) < 4.78 is 25.0. The number of benzene rings is 1. The Bertz CT molecular complexity index is 1050. The molecule has 1 aromatic carbocycles. The molecule has 9 nitrogen and oxygen atoms in total. The number of amides is 1. The van der Waals surface area contributed by atoms with E-state index in [1.165, 1.54) is 6.26 Å². The number of sulfonamides is 1. The molecule has 31 heavy (non-hydrogen) atoms. The fourth-order valence-corrected chi connectivity index (χ4v) is 5.69. The van der Waals surface area contributed by atoms with Crippen molar-refractivity contribution < 1.29 is 18.3 Å². The highest BCUT2D eigenvalue weighted by Gasteiger charge is 2.36. The summed E-state index contributed by atoms with van der Waals surface area (Å²) in [5.74, 6) is 1.75. The Balaban J connectivity index is 1.40. The van der Waals surface area contributed by atoms with E-state index < -0.39 is 16.1 Å². The first-order chi connectivity index (χ1) is 14.7. The molecule has 2 fully saturated rings. The van der Waals surface area contributed by atoms with Gasteiger partial charge in [0.15, 0.2) is 0 Å². The van der Waals surface area contributed by atoms with Crippen molar-refractivity contribution in [3.8, 4) is 11.3 Å². The predicted molar refractivity (Wildman–Crippen MR) is 119 cm³/mol. The summed E-state index contributed by atoms with van der Waals surface area (Å²) in [6, 6.07) is 6.95. The van der Waals surface area contributed by atoms with Crippen molar-refractivity contribution in [3.63, 3.8) is 0 Å². The van der Waals surface area contributed by atoms with E-state index in [1.54, 1.807) is 28.6 Å². The fourth-order valence-electron chi connectivity index (χ4n) is 4.57. The van der Waals surface area contributed by atoms with Crippen LogP contribution in [0.25, 0.3) is 11.3 Å². The molecule has 1 aromatic heterocycles. The van der Waals surface area contributed by atoms with Gasteiger partial charge in [-0.15, -0.1) is 0 Å². The monoisotopic (exact) mass is 467 g/mol. The zero-order chi connectivity index (χ0) is 22.2. The second kappa shape index (κ2) is 8.78. The van der Waals surface area contributed by atoms with Crippen LogP contribution in [0.3, 0.4) is 0 Å². The maximum Gasteiger partial charge on any atom is 0.409 e. The number of imidazole rings is 1. The van der Waals surface area contributed by atoms with Crippen LogP contribution in [-0.2, 0) is 10.0 Å². The van der Waals surface area contributed by atoms with Crippen molar-refractivity contribution in [2.45, 2.75) is 25.3 Å². The summed E-state index contributed by atoms with van der Waals surface area (Å²) in [6.07, 6.45) is 2.85. The maximum atomic E-state index is 11.7. The molecular weight excluding hydrogens is 442 g/mol. The van der Waals surface area contributed by atoms with E-state index in [-0.39, 0.29) is 6.04 Å². The molecule has 2 aliphatic rings. The van der Waals surface area contributed by atoms with Gasteiger partial charge in [-0.3, -0.25) is 5.32 Å². The topological polar surface area (TPSA) is 127 Å². The molecule has 0 bridgehead atoms. The average Bonchev–Trinajstić information content (AvgIpc) is 3.35. The Morgan fingerprint density at radius 2 is 1.90 bits per heavy atom. The van der Waals surface area contributed by atoms with Gasteiger partial charge in [0.25, 0.3) is 0 Å². The molecule has 1 amide bonds. The molecule has 11 heteroatoms. The predicted octanol–water partition coefficient (Wildman–Crippen LogP) is 3.14. The van der Waals surface area contributed by atoms with Crippen LogP contribution in [-0.4, -0.2) is 59.8 Å². The van der Waals surface area contributed by atoms with E-state index in [4.69, 9.17) is 21.7 Å². The first-order valence-electron chi connectivity index (χ1n) is 10.2. The number of rotatable bonds is 5. The van der Waals surface area contributed by atoms with E-state index in [0.29, 0.717) is 41.5 Å². The van der Waals surface area contributed by atoms with E-state index in [9.17, 15) is 13.2 Å². The van der Waals surface area contributed by atoms with Gasteiger partial charge in [0.1, 0.15) is 16.7 Å². The minimum Gasteiger partial charge on any atom is -0.465 e. The standard InChI is InChI=1S/C20H26ClN5O4S/c1-31(29,30)26-8-6-12(7-9-26)14-10-16(22-11-14)19-24-17(18(21)25-19)13-2-4-15(5-3-13)23-20(27)28/h2-5,12,14,16,22-23H,6-11H2,1H3,(H,24,25)(H,27,28)/t14-,16-/m0/s1. The van der Waals surface area contributed by atoms with Crippen molar-refractivity contribution in [1.82, 2.24) is 19.6 Å². The molecule has 3 heterocycles. The lowest BCUT2D eigenvalue weighted by Gasteiger charge is -2.33. The summed E-state index contributed by atoms with van der Waals surface area (Å²) in [6.45, 7) is 2.06. The lowest BCUT2D eigenvalue weighted by Crippen LogP contribution is -2.39. The van der Waals surface area contributed by atoms with Crippen molar-refractivity contribution in [1.29, 1.82) is 0 Å². The first-order valence-corrected chi connectivity index (χ1v) is 12.5. The molecular formula is C20H26ClN5O4S. The zero-order valence-corrected chi connectivity index (χ0v) is 18.7. The van der Waals surface area contributed by atoms with Gasteiger partial charge in [0.2, 0.25) is 10.0 Å². The molecule has 0 radical (unpaired) electrons. The smallest absolute Gasteiger partial charge is 0.409 e. The van der Waals surface area contributed by atoms with Gasteiger partial charge < -0.3 is 15.4 Å². The second-order valence-electron chi connectivity index (χ2n) is 8.25. The van der Waals surface area contributed by atoms with E-state index >= 15 is 0 Å². The van der Waals surface area contributed by atoms with E-state index in [0.717, 1.165) is 37.2 Å². The highest BCUT2D eigenvalue weighted by Crippen LogP contribution is 2.37. The van der Waals surface area contributed by atoms with Crippen LogP contribution < -0.4 is 10.6 Å². The number of hydrogen-bond donors (Lipinski definition) is 4. The lowest BCUT2D eigenvalue weighted by atomic mass is 9.83. The van der Waals surface area contributed by atoms with Crippen LogP contribution >= 0.6 is 11.6 Å². The second-order valence-corrected chi connectivity index (χ2v) is 10.6. The molecule has 4 rings (SSSR count). The Labute approximate surface area is 186 Å². The molecule has 4 N–H and O–H groups in total. The minimum absolute atomic E-state index is 0.0668. The Hall–Kier alpha value is -2.14. The van der Waals surface area contributed by atoms with E-state index in [2.05, 4.69) is 15.6 Å². The van der Waals surface area contributed by atoms with Gasteiger partial charge in [0, 0.05) is 24.3 Å². The molecule has 168 valence electrons. The number of halogens is 1. The third-order valence-electron chi connectivity index (χ3n) is 6.22. The number of nitrogens with zero attached hydrogens (tertiary/aromatic N) is 2. The number of piperidine rings is 1. The number of nitrogens with one attached hydrogen (secondary N) is 3. The molecule has 0 aliphatic carbocycles. The number of H-pyrrole nitrogens is 1. The molecule has 0 unspecified atom stereocenters. The summed E-state index contributed by atoms with van der Waals surface area (Å²) in [5, 5.41) is 15.1. The van der Waals surface area contributed by atoms with Gasteiger partial charge in [-0.05, 0) is 49.8 Å². The number of anilines is 1. The quantitative estimate of drug-likeness (QED) is 0.535. The number of aromatic amines is 1. The fraction of sp³-hybridized carbons (Fsp3) is 0.500. The highest BCUT2D eigenvalue weighted by molar-refractivity contribution is 7.88. The first kappa shape index (κ1) is 22.1. The molecule has 2 aromatic rings. The zero-order valence-electron chi connectivity index (χ0n) is 17.1. The summed E-state index contributed by atoms with van der Waals surface area (Å²) >= 11 is 6.41. The van der Waals surface area contributed by atoms with Gasteiger partial charge in [-0.25, -0.2) is 22.5 Å². The van der Waals surface area contributed by atoms with Crippen LogP contribution in [0.2, 0.25) is 5.15 Å². The van der Waals surface area contributed by atoms with Gasteiger partial charge in [0.05, 0.1) is 12.3 Å². The number of aromatic nitrogens is 2. The number of hydrogen-bond acceptors (Lipinski definition) is 5. The van der Waals surface area contributed by atoms with E-state index in [1.807, 2.05) is 0 Å². The van der Waals surface area contributed by atoms with Gasteiger partial charge >= 0.3 is 6.09 Å². The highest BCUT2D eigenvalue weighted by atomic mass is 35.5. The van der Waals surface area contributed by atoms with Gasteiger partial charge in [-0.1, -0.05) is 23.7 Å². The Morgan fingerprint density at radius 3 is 2.52 bits per heavy atom. The molecule has 0 saturated carbocycles. The summed E-state index contributed by atoms with van der Waals surface area (Å²) in [5.41, 5.74) is 1.90. The molecule has 0 spiro atoms. The van der Waals surface area contributed by atoms with Crippen LogP contribution in [0.5, 0.6) is 0 Å². The molecule has 2 saturated heterocycles. The minimum atomic E-state index is -3.11. The third-order valence-corrected chi connectivity index (χ3v) is 7.79. The number of carbonyl (C=O) groups is 1. The van der Waals surface area contributed by atoms with Crippen molar-refractivity contribution >= 4 is 33.4 Å².